The van der Waals surface area contributed by atoms with Crippen LogP contribution in [0.15, 0.2) is 53.9 Å². The molecule has 1 aliphatic rings. The van der Waals surface area contributed by atoms with Gasteiger partial charge in [-0.1, -0.05) is 18.2 Å². The highest BCUT2D eigenvalue weighted by atomic mass is 32.1. The Morgan fingerprint density at radius 3 is 2.77 bits per heavy atom. The van der Waals surface area contributed by atoms with Crippen molar-refractivity contribution in [3.8, 4) is 11.5 Å². The van der Waals surface area contributed by atoms with Crippen molar-refractivity contribution in [3.05, 3.63) is 59.5 Å². The van der Waals surface area contributed by atoms with Crippen molar-refractivity contribution in [1.82, 2.24) is 5.32 Å². The van der Waals surface area contributed by atoms with Crippen molar-refractivity contribution in [2.45, 2.75) is 18.8 Å². The Morgan fingerprint density at radius 2 is 1.86 bits per heavy atom. The van der Waals surface area contributed by atoms with Crippen molar-refractivity contribution in [2.24, 2.45) is 0 Å². The molecule has 1 N–H and O–H groups in total. The molecule has 2 heterocycles. The van der Waals surface area contributed by atoms with E-state index in [1.807, 2.05) is 0 Å². The van der Waals surface area contributed by atoms with Gasteiger partial charge in [0.05, 0.1) is 0 Å². The number of hydrogen-bond donors (Lipinski definition) is 1. The molecule has 0 unspecified atom stereocenters. The fourth-order valence-electron chi connectivity index (χ4n) is 3.18. The van der Waals surface area contributed by atoms with Crippen LogP contribution in [0.4, 0.5) is 0 Å². The molecule has 1 aliphatic heterocycles. The summed E-state index contributed by atoms with van der Waals surface area (Å²) in [5, 5.41) is 6.81. The summed E-state index contributed by atoms with van der Waals surface area (Å²) < 4.78 is 7.53. The molecule has 0 saturated carbocycles. The van der Waals surface area contributed by atoms with Crippen molar-refractivity contribution in [1.29, 1.82) is 0 Å². The lowest BCUT2D eigenvalue weighted by atomic mass is 9.89. The third-order valence-electron chi connectivity index (χ3n) is 4.35. The van der Waals surface area contributed by atoms with Gasteiger partial charge in [0.2, 0.25) is 0 Å². The van der Waals surface area contributed by atoms with Crippen LogP contribution in [0.5, 0.6) is 11.5 Å². The fourth-order valence-corrected chi connectivity index (χ4v) is 3.95. The molecule has 2 nitrogen and oxygen atoms in total. The van der Waals surface area contributed by atoms with Crippen LogP contribution in [0.25, 0.3) is 10.1 Å². The van der Waals surface area contributed by atoms with Crippen molar-refractivity contribution in [3.63, 3.8) is 0 Å². The predicted octanol–water partition coefficient (Wildman–Crippen LogP) is 5.16. The van der Waals surface area contributed by atoms with Crippen LogP contribution in [0.1, 0.15) is 24.3 Å². The van der Waals surface area contributed by atoms with Gasteiger partial charge in [0.15, 0.2) is 0 Å². The lowest BCUT2D eigenvalue weighted by molar-refractivity contribution is 0.430. The Balaban J connectivity index is 1.64. The van der Waals surface area contributed by atoms with Gasteiger partial charge in [0, 0.05) is 4.70 Å². The standard InChI is InChI=1S/C19H19NOS/c1-2-4-18(17(3-1)14-7-10-20-11-8-14)21-16-5-6-19-15(13-16)9-12-22-19/h1-6,9,12-14,20H,7-8,10-11H2. The first-order chi connectivity index (χ1) is 10.9. The number of benzene rings is 2. The topological polar surface area (TPSA) is 21.3 Å². The molecule has 3 heteroatoms. The molecule has 1 aromatic heterocycles. The van der Waals surface area contributed by atoms with Crippen LogP contribution in [-0.4, -0.2) is 13.1 Å². The van der Waals surface area contributed by atoms with E-state index >= 15 is 0 Å². The van der Waals surface area contributed by atoms with E-state index in [2.05, 4.69) is 59.2 Å². The Morgan fingerprint density at radius 1 is 1.00 bits per heavy atom. The van der Waals surface area contributed by atoms with Gasteiger partial charge >= 0.3 is 0 Å². The zero-order valence-corrected chi connectivity index (χ0v) is 13.2. The smallest absolute Gasteiger partial charge is 0.130 e. The quantitative estimate of drug-likeness (QED) is 0.721. The second kappa shape index (κ2) is 6.11. The minimum atomic E-state index is 0.599. The maximum Gasteiger partial charge on any atom is 0.130 e. The Hall–Kier alpha value is -1.84. The molecule has 0 amide bonds. The summed E-state index contributed by atoms with van der Waals surface area (Å²) in [7, 11) is 0. The van der Waals surface area contributed by atoms with Crippen LogP contribution in [0, 0.1) is 0 Å². The largest absolute Gasteiger partial charge is 0.457 e. The van der Waals surface area contributed by atoms with E-state index in [-0.39, 0.29) is 0 Å². The van der Waals surface area contributed by atoms with Gasteiger partial charge in [-0.3, -0.25) is 0 Å². The summed E-state index contributed by atoms with van der Waals surface area (Å²) in [4.78, 5) is 0. The van der Waals surface area contributed by atoms with Crippen LogP contribution in [-0.2, 0) is 0 Å². The molecule has 3 aromatic rings. The molecule has 0 radical (unpaired) electrons. The SMILES string of the molecule is c1ccc(C2CCNCC2)c(Oc2ccc3sccc3c2)c1. The molecule has 0 bridgehead atoms. The number of thiophene rings is 1. The van der Waals surface area contributed by atoms with E-state index in [0.29, 0.717) is 5.92 Å². The minimum absolute atomic E-state index is 0.599. The van der Waals surface area contributed by atoms with Gasteiger partial charge in [0.25, 0.3) is 0 Å². The minimum Gasteiger partial charge on any atom is -0.457 e. The second-order valence-electron chi connectivity index (χ2n) is 5.78. The van der Waals surface area contributed by atoms with Gasteiger partial charge in [-0.15, -0.1) is 11.3 Å². The van der Waals surface area contributed by atoms with E-state index in [1.54, 1.807) is 11.3 Å². The molecular formula is C19H19NOS. The number of ether oxygens (including phenoxy) is 1. The molecule has 112 valence electrons. The fraction of sp³-hybridized carbons (Fsp3) is 0.263. The van der Waals surface area contributed by atoms with E-state index in [0.717, 1.165) is 24.6 Å². The van der Waals surface area contributed by atoms with Crippen LogP contribution < -0.4 is 10.1 Å². The molecule has 1 saturated heterocycles. The maximum absolute atomic E-state index is 6.22. The first-order valence-electron chi connectivity index (χ1n) is 7.85. The summed E-state index contributed by atoms with van der Waals surface area (Å²) in [5.41, 5.74) is 1.34. The summed E-state index contributed by atoms with van der Waals surface area (Å²) in [6.45, 7) is 2.19. The summed E-state index contributed by atoms with van der Waals surface area (Å²) in [6.07, 6.45) is 2.37. The van der Waals surface area contributed by atoms with Crippen LogP contribution >= 0.6 is 11.3 Å². The van der Waals surface area contributed by atoms with Crippen molar-refractivity contribution >= 4 is 21.4 Å². The number of rotatable bonds is 3. The number of piperidine rings is 1. The number of nitrogens with one attached hydrogen (secondary N) is 1. The molecular weight excluding hydrogens is 290 g/mol. The molecule has 1 fully saturated rings. The molecule has 2 aromatic carbocycles. The van der Waals surface area contributed by atoms with Crippen LogP contribution in [0.3, 0.4) is 0 Å². The lowest BCUT2D eigenvalue weighted by Crippen LogP contribution is -2.26. The van der Waals surface area contributed by atoms with E-state index < -0.39 is 0 Å². The second-order valence-corrected chi connectivity index (χ2v) is 6.73. The zero-order chi connectivity index (χ0) is 14.8. The monoisotopic (exact) mass is 309 g/mol. The number of fused-ring (bicyclic) bond motifs is 1. The first-order valence-corrected chi connectivity index (χ1v) is 8.73. The van der Waals surface area contributed by atoms with Gasteiger partial charge < -0.3 is 10.1 Å². The van der Waals surface area contributed by atoms with Gasteiger partial charge in [0.1, 0.15) is 11.5 Å². The van der Waals surface area contributed by atoms with E-state index in [4.69, 9.17) is 4.74 Å². The highest BCUT2D eigenvalue weighted by Crippen LogP contribution is 2.36. The molecule has 0 atom stereocenters. The summed E-state index contributed by atoms with van der Waals surface area (Å²) >= 11 is 1.77. The number of para-hydroxylation sites is 1. The van der Waals surface area contributed by atoms with E-state index in [9.17, 15) is 0 Å². The Kier molecular flexibility index (Phi) is 3.83. The average Bonchev–Trinajstić information content (AvgIpc) is 3.04. The van der Waals surface area contributed by atoms with Gasteiger partial charge in [-0.25, -0.2) is 0 Å². The molecule has 0 aliphatic carbocycles. The highest BCUT2D eigenvalue weighted by Gasteiger charge is 2.19. The third kappa shape index (κ3) is 2.74. The Bertz CT molecular complexity index is 774. The van der Waals surface area contributed by atoms with Crippen molar-refractivity contribution in [2.75, 3.05) is 13.1 Å². The third-order valence-corrected chi connectivity index (χ3v) is 5.25. The predicted molar refractivity (Wildman–Crippen MR) is 93.2 cm³/mol. The summed E-state index contributed by atoms with van der Waals surface area (Å²) in [5.74, 6) is 2.53. The van der Waals surface area contributed by atoms with Gasteiger partial charge in [-0.2, -0.15) is 0 Å². The lowest BCUT2D eigenvalue weighted by Gasteiger charge is -2.24. The van der Waals surface area contributed by atoms with E-state index in [1.165, 1.54) is 28.5 Å². The first kappa shape index (κ1) is 13.8. The van der Waals surface area contributed by atoms with Crippen LogP contribution in [0.2, 0.25) is 0 Å². The Labute approximate surface area is 134 Å². The molecule has 0 spiro atoms. The molecule has 22 heavy (non-hydrogen) atoms. The average molecular weight is 309 g/mol. The summed E-state index contributed by atoms with van der Waals surface area (Å²) in [6, 6.07) is 17.0. The normalized spacial score (nSPS) is 16.0. The molecule has 4 rings (SSSR count). The van der Waals surface area contributed by atoms with Gasteiger partial charge in [-0.05, 0) is 78.5 Å². The number of hydrogen-bond acceptors (Lipinski definition) is 3. The maximum atomic E-state index is 6.22. The zero-order valence-electron chi connectivity index (χ0n) is 12.4. The van der Waals surface area contributed by atoms with Crippen molar-refractivity contribution < 1.29 is 4.74 Å². The highest BCUT2D eigenvalue weighted by molar-refractivity contribution is 7.17.